The van der Waals surface area contributed by atoms with Gasteiger partial charge in [0.2, 0.25) is 5.91 Å². The fourth-order valence-electron chi connectivity index (χ4n) is 3.55. The number of benzene rings is 2. The number of amides is 3. The number of halogens is 1. The molecule has 166 valence electrons. The van der Waals surface area contributed by atoms with E-state index in [0.29, 0.717) is 16.3 Å². The number of fused-ring (bicyclic) bond motifs is 1. The van der Waals surface area contributed by atoms with Gasteiger partial charge in [0.05, 0.1) is 34.6 Å². The standard InChI is InChI=1S/C21H19FN4O5S/c1-9-19(24-10(2)27)31-21(29)26(9)14-7-5-12(17(22)16(14)18(23)28)20-25-13-6-4-11(30-3)8-15(13)32-20/h4-9,19H,1-3H3,(H2,23,28)(H,24,27)/t9?,19-/m0/s1. The van der Waals surface area contributed by atoms with E-state index >= 15 is 4.39 Å². The molecule has 32 heavy (non-hydrogen) atoms. The lowest BCUT2D eigenvalue weighted by Crippen LogP contribution is -2.43. The fraction of sp³-hybridized carbons (Fsp3) is 0.238. The lowest BCUT2D eigenvalue weighted by molar-refractivity contribution is -0.121. The van der Waals surface area contributed by atoms with Crippen molar-refractivity contribution in [3.8, 4) is 16.3 Å². The van der Waals surface area contributed by atoms with Crippen molar-refractivity contribution >= 4 is 45.1 Å². The molecule has 1 fully saturated rings. The number of methoxy groups -OCH3 is 1. The first kappa shape index (κ1) is 21.5. The average molecular weight is 458 g/mol. The van der Waals surface area contributed by atoms with E-state index in [0.717, 1.165) is 9.60 Å². The molecule has 0 saturated carbocycles. The van der Waals surface area contributed by atoms with Gasteiger partial charge in [-0.15, -0.1) is 11.3 Å². The minimum Gasteiger partial charge on any atom is -0.497 e. The number of nitrogens with one attached hydrogen (secondary N) is 1. The number of anilines is 1. The zero-order chi connectivity index (χ0) is 23.2. The van der Waals surface area contributed by atoms with Crippen molar-refractivity contribution in [1.82, 2.24) is 10.3 Å². The van der Waals surface area contributed by atoms with Gasteiger partial charge in [-0.2, -0.15) is 0 Å². The monoisotopic (exact) mass is 458 g/mol. The van der Waals surface area contributed by atoms with Crippen LogP contribution in [0.3, 0.4) is 0 Å². The molecule has 0 radical (unpaired) electrons. The molecule has 3 N–H and O–H groups in total. The van der Waals surface area contributed by atoms with E-state index in [1.54, 1.807) is 32.2 Å². The highest BCUT2D eigenvalue weighted by atomic mass is 32.1. The minimum atomic E-state index is -1.05. The van der Waals surface area contributed by atoms with Crippen LogP contribution in [0.25, 0.3) is 20.8 Å². The predicted octanol–water partition coefficient (Wildman–Crippen LogP) is 3.02. The van der Waals surface area contributed by atoms with E-state index in [4.69, 9.17) is 15.2 Å². The molecular formula is C21H19FN4O5S. The quantitative estimate of drug-likeness (QED) is 0.606. The van der Waals surface area contributed by atoms with Crippen LogP contribution in [0.4, 0.5) is 14.9 Å². The predicted molar refractivity (Wildman–Crippen MR) is 116 cm³/mol. The van der Waals surface area contributed by atoms with E-state index in [1.807, 2.05) is 0 Å². The Bertz CT molecular complexity index is 1260. The Morgan fingerprint density at radius 3 is 2.72 bits per heavy atom. The lowest BCUT2D eigenvalue weighted by atomic mass is 10.0. The first-order valence-corrected chi connectivity index (χ1v) is 10.4. The van der Waals surface area contributed by atoms with Crippen molar-refractivity contribution in [2.75, 3.05) is 12.0 Å². The largest absolute Gasteiger partial charge is 0.497 e. The SMILES string of the molecule is COc1ccc2nc(-c3ccc(N4C(=O)O[C@H](NC(C)=O)C4C)c(C(N)=O)c3F)sc2c1. The van der Waals surface area contributed by atoms with Gasteiger partial charge in [0.1, 0.15) is 16.6 Å². The Morgan fingerprint density at radius 1 is 1.31 bits per heavy atom. The van der Waals surface area contributed by atoms with Crippen molar-refractivity contribution in [3.63, 3.8) is 0 Å². The summed E-state index contributed by atoms with van der Waals surface area (Å²) in [5.74, 6) is -1.72. The van der Waals surface area contributed by atoms with Gasteiger partial charge in [-0.05, 0) is 37.3 Å². The second-order valence-electron chi connectivity index (χ2n) is 7.15. The van der Waals surface area contributed by atoms with Crippen LogP contribution in [0, 0.1) is 5.82 Å². The maximum Gasteiger partial charge on any atom is 0.416 e. The number of ether oxygens (including phenoxy) is 2. The lowest BCUT2D eigenvalue weighted by Gasteiger charge is -2.23. The number of hydrogen-bond acceptors (Lipinski definition) is 7. The van der Waals surface area contributed by atoms with Crippen LogP contribution in [0.1, 0.15) is 24.2 Å². The van der Waals surface area contributed by atoms with Gasteiger partial charge in [0, 0.05) is 12.5 Å². The average Bonchev–Trinajstić information content (AvgIpc) is 3.26. The van der Waals surface area contributed by atoms with Gasteiger partial charge >= 0.3 is 6.09 Å². The zero-order valence-corrected chi connectivity index (χ0v) is 18.2. The topological polar surface area (TPSA) is 124 Å². The number of carbonyl (C=O) groups is 3. The molecule has 1 aliphatic heterocycles. The van der Waals surface area contributed by atoms with Crippen molar-refractivity contribution in [2.24, 2.45) is 5.73 Å². The number of nitrogens with zero attached hydrogens (tertiary/aromatic N) is 2. The van der Waals surface area contributed by atoms with Gasteiger partial charge in [0.25, 0.3) is 5.91 Å². The highest BCUT2D eigenvalue weighted by Gasteiger charge is 2.42. The molecule has 1 aromatic heterocycles. The summed E-state index contributed by atoms with van der Waals surface area (Å²) in [5.41, 5.74) is 5.69. The van der Waals surface area contributed by atoms with Gasteiger partial charge in [-0.3, -0.25) is 14.5 Å². The molecule has 1 saturated heterocycles. The van der Waals surface area contributed by atoms with Crippen LogP contribution in [-0.4, -0.2) is 42.3 Å². The van der Waals surface area contributed by atoms with Crippen LogP contribution in [0.5, 0.6) is 5.75 Å². The molecule has 9 nitrogen and oxygen atoms in total. The van der Waals surface area contributed by atoms with Gasteiger partial charge in [0.15, 0.2) is 6.23 Å². The Balaban J connectivity index is 1.79. The van der Waals surface area contributed by atoms with E-state index in [-0.39, 0.29) is 11.3 Å². The first-order chi connectivity index (χ1) is 15.2. The number of nitrogens with two attached hydrogens (primary N) is 1. The molecule has 1 aliphatic rings. The smallest absolute Gasteiger partial charge is 0.416 e. The summed E-state index contributed by atoms with van der Waals surface area (Å²) in [6, 6.07) is 7.41. The van der Waals surface area contributed by atoms with Gasteiger partial charge < -0.3 is 20.5 Å². The summed E-state index contributed by atoms with van der Waals surface area (Å²) < 4.78 is 26.7. The van der Waals surface area contributed by atoms with Crippen molar-refractivity contribution in [2.45, 2.75) is 26.1 Å². The van der Waals surface area contributed by atoms with Crippen molar-refractivity contribution in [1.29, 1.82) is 0 Å². The Morgan fingerprint density at radius 2 is 2.06 bits per heavy atom. The Hall–Kier alpha value is -3.73. The molecule has 0 bridgehead atoms. The van der Waals surface area contributed by atoms with E-state index < -0.39 is 41.6 Å². The molecule has 2 atom stereocenters. The number of hydrogen-bond donors (Lipinski definition) is 2. The summed E-state index contributed by atoms with van der Waals surface area (Å²) in [4.78, 5) is 41.6. The maximum atomic E-state index is 15.6. The summed E-state index contributed by atoms with van der Waals surface area (Å²) in [7, 11) is 1.54. The molecule has 4 rings (SSSR count). The number of primary amides is 1. The molecule has 0 spiro atoms. The third-order valence-corrected chi connectivity index (χ3v) is 6.12. The van der Waals surface area contributed by atoms with Gasteiger partial charge in [-0.25, -0.2) is 14.2 Å². The van der Waals surface area contributed by atoms with Crippen LogP contribution in [0.2, 0.25) is 0 Å². The number of rotatable bonds is 5. The number of carbonyl (C=O) groups excluding carboxylic acids is 3. The molecule has 3 amide bonds. The van der Waals surface area contributed by atoms with Crippen LogP contribution >= 0.6 is 11.3 Å². The van der Waals surface area contributed by atoms with Crippen LogP contribution in [0.15, 0.2) is 30.3 Å². The minimum absolute atomic E-state index is 0.0492. The Kier molecular flexibility index (Phi) is 5.43. The van der Waals surface area contributed by atoms with Crippen LogP contribution < -0.4 is 20.7 Å². The maximum absolute atomic E-state index is 15.6. The fourth-order valence-corrected chi connectivity index (χ4v) is 4.56. The molecule has 11 heteroatoms. The summed E-state index contributed by atoms with van der Waals surface area (Å²) in [6.45, 7) is 2.88. The molecule has 3 aromatic rings. The highest BCUT2D eigenvalue weighted by molar-refractivity contribution is 7.21. The summed E-state index contributed by atoms with van der Waals surface area (Å²) in [6.07, 6.45) is -1.79. The van der Waals surface area contributed by atoms with Crippen LogP contribution in [-0.2, 0) is 9.53 Å². The summed E-state index contributed by atoms with van der Waals surface area (Å²) in [5, 5.41) is 2.83. The first-order valence-electron chi connectivity index (χ1n) is 9.55. The molecule has 2 aromatic carbocycles. The second kappa shape index (κ2) is 8.08. The Labute approximate surface area is 185 Å². The number of aromatic nitrogens is 1. The van der Waals surface area contributed by atoms with E-state index in [1.165, 1.54) is 30.4 Å². The third-order valence-electron chi connectivity index (χ3n) is 5.07. The van der Waals surface area contributed by atoms with E-state index in [9.17, 15) is 14.4 Å². The van der Waals surface area contributed by atoms with Crippen molar-refractivity contribution in [3.05, 3.63) is 41.7 Å². The zero-order valence-electron chi connectivity index (χ0n) is 17.3. The molecule has 2 heterocycles. The van der Waals surface area contributed by atoms with E-state index in [2.05, 4.69) is 10.3 Å². The highest BCUT2D eigenvalue weighted by Crippen LogP contribution is 2.38. The number of thiazole rings is 1. The summed E-state index contributed by atoms with van der Waals surface area (Å²) >= 11 is 1.22. The van der Waals surface area contributed by atoms with Gasteiger partial charge in [-0.1, -0.05) is 0 Å². The third kappa shape index (κ3) is 3.60. The second-order valence-corrected chi connectivity index (χ2v) is 8.18. The van der Waals surface area contributed by atoms with Crippen molar-refractivity contribution < 1.29 is 28.2 Å². The number of cyclic esters (lactones) is 1. The normalized spacial score (nSPS) is 18.0. The molecule has 1 unspecified atom stereocenters. The molecular weight excluding hydrogens is 439 g/mol. The molecule has 0 aliphatic carbocycles.